The third-order valence-corrected chi connectivity index (χ3v) is 4.80. The first-order valence-electron chi connectivity index (χ1n) is 8.70. The number of thiocarbonyl (C=S) groups is 1. The lowest BCUT2D eigenvalue weighted by atomic mass is 9.94. The second-order valence-corrected chi connectivity index (χ2v) is 7.03. The molecule has 5 nitrogen and oxygen atoms in total. The van der Waals surface area contributed by atoms with Gasteiger partial charge >= 0.3 is 0 Å². The minimum absolute atomic E-state index is 0.170. The highest BCUT2D eigenvalue weighted by Gasteiger charge is 2.30. The number of amides is 1. The summed E-state index contributed by atoms with van der Waals surface area (Å²) in [4.78, 5) is 13.2. The number of nitrogens with one attached hydrogen (secondary N) is 3. The van der Waals surface area contributed by atoms with Gasteiger partial charge in [0.1, 0.15) is 5.75 Å². The second-order valence-electron chi connectivity index (χ2n) is 6.62. The lowest BCUT2D eigenvalue weighted by Gasteiger charge is -2.30. The summed E-state index contributed by atoms with van der Waals surface area (Å²) in [6.07, 6.45) is 0. The highest BCUT2D eigenvalue weighted by molar-refractivity contribution is 7.80. The van der Waals surface area contributed by atoms with Crippen LogP contribution in [0.2, 0.25) is 0 Å². The summed E-state index contributed by atoms with van der Waals surface area (Å²) in [7, 11) is 1.62. The molecule has 140 valence electrons. The lowest BCUT2D eigenvalue weighted by Crippen LogP contribution is -2.45. The van der Waals surface area contributed by atoms with Crippen LogP contribution < -0.4 is 20.7 Å². The molecule has 0 aromatic heterocycles. The minimum Gasteiger partial charge on any atom is -0.497 e. The standard InChI is InChI=1S/C21H23N3O2S/c1-12-8-9-13(2)17(10-12)23-20(25)18-14(3)22-21(27)24-19(18)15-6-5-7-16(11-15)26-4/h5-11,19H,1-4H3,(H,23,25)(H2,22,24,27)/t19-/m1/s1. The first kappa shape index (κ1) is 18.9. The number of ether oxygens (including phenoxy) is 1. The van der Waals surface area contributed by atoms with E-state index < -0.39 is 0 Å². The first-order chi connectivity index (χ1) is 12.9. The quantitative estimate of drug-likeness (QED) is 0.704. The van der Waals surface area contributed by atoms with Gasteiger partial charge in [-0.25, -0.2) is 0 Å². The number of rotatable bonds is 4. The normalized spacial score (nSPS) is 16.4. The van der Waals surface area contributed by atoms with Crippen molar-refractivity contribution in [2.75, 3.05) is 12.4 Å². The Morgan fingerprint density at radius 3 is 2.67 bits per heavy atom. The van der Waals surface area contributed by atoms with Gasteiger partial charge in [0.05, 0.1) is 18.7 Å². The maximum atomic E-state index is 13.2. The monoisotopic (exact) mass is 381 g/mol. The average Bonchev–Trinajstić information content (AvgIpc) is 2.64. The van der Waals surface area contributed by atoms with Crippen LogP contribution in [-0.2, 0) is 4.79 Å². The average molecular weight is 382 g/mol. The summed E-state index contributed by atoms with van der Waals surface area (Å²) in [5.74, 6) is 0.558. The van der Waals surface area contributed by atoms with Gasteiger partial charge in [-0.1, -0.05) is 24.3 Å². The summed E-state index contributed by atoms with van der Waals surface area (Å²) < 4.78 is 5.33. The molecular formula is C21H23N3O2S. The van der Waals surface area contributed by atoms with Crippen molar-refractivity contribution in [3.8, 4) is 5.75 Å². The largest absolute Gasteiger partial charge is 0.497 e. The number of carbonyl (C=O) groups excluding carboxylic acids is 1. The predicted molar refractivity (Wildman–Crippen MR) is 112 cm³/mol. The van der Waals surface area contributed by atoms with Gasteiger partial charge in [0.15, 0.2) is 5.11 Å². The fourth-order valence-electron chi connectivity index (χ4n) is 3.13. The number of carbonyl (C=O) groups is 1. The molecule has 0 saturated carbocycles. The molecule has 0 saturated heterocycles. The van der Waals surface area contributed by atoms with Crippen LogP contribution >= 0.6 is 12.2 Å². The summed E-state index contributed by atoms with van der Waals surface area (Å²) >= 11 is 5.31. The molecule has 0 radical (unpaired) electrons. The summed E-state index contributed by atoms with van der Waals surface area (Å²) in [6.45, 7) is 5.83. The molecule has 1 atom stereocenters. The first-order valence-corrected chi connectivity index (χ1v) is 9.10. The Labute approximate surface area is 164 Å². The predicted octanol–water partition coefficient (Wildman–Crippen LogP) is 3.74. The zero-order valence-corrected chi connectivity index (χ0v) is 16.7. The van der Waals surface area contributed by atoms with Gasteiger partial charge in [-0.2, -0.15) is 0 Å². The van der Waals surface area contributed by atoms with Crippen LogP contribution in [0.5, 0.6) is 5.75 Å². The van der Waals surface area contributed by atoms with Gasteiger partial charge in [-0.3, -0.25) is 4.79 Å². The van der Waals surface area contributed by atoms with E-state index in [1.807, 2.05) is 63.2 Å². The maximum Gasteiger partial charge on any atom is 0.255 e. The van der Waals surface area contributed by atoms with Crippen molar-refractivity contribution >= 4 is 28.9 Å². The van der Waals surface area contributed by atoms with Gasteiger partial charge in [-0.05, 0) is 67.9 Å². The molecule has 2 aromatic rings. The van der Waals surface area contributed by atoms with E-state index in [2.05, 4.69) is 16.0 Å². The number of anilines is 1. The van der Waals surface area contributed by atoms with Crippen LogP contribution in [0, 0.1) is 13.8 Å². The molecule has 3 rings (SSSR count). The highest BCUT2D eigenvalue weighted by Crippen LogP contribution is 2.30. The molecule has 1 amide bonds. The molecule has 1 heterocycles. The molecule has 0 bridgehead atoms. The molecule has 0 aliphatic carbocycles. The molecule has 2 aromatic carbocycles. The number of aryl methyl sites for hydroxylation is 2. The number of hydrogen-bond acceptors (Lipinski definition) is 3. The molecular weight excluding hydrogens is 358 g/mol. The topological polar surface area (TPSA) is 62.4 Å². The summed E-state index contributed by atoms with van der Waals surface area (Å²) in [5.41, 5.74) is 5.14. The van der Waals surface area contributed by atoms with Gasteiger partial charge in [0, 0.05) is 11.4 Å². The van der Waals surface area contributed by atoms with Crippen molar-refractivity contribution < 1.29 is 9.53 Å². The molecule has 3 N–H and O–H groups in total. The van der Waals surface area contributed by atoms with Crippen LogP contribution in [0.4, 0.5) is 5.69 Å². The Bertz CT molecular complexity index is 937. The van der Waals surface area contributed by atoms with Crippen molar-refractivity contribution in [2.24, 2.45) is 0 Å². The highest BCUT2D eigenvalue weighted by atomic mass is 32.1. The van der Waals surface area contributed by atoms with Gasteiger partial charge in [-0.15, -0.1) is 0 Å². The van der Waals surface area contributed by atoms with Crippen molar-refractivity contribution in [1.82, 2.24) is 10.6 Å². The number of allylic oxidation sites excluding steroid dienone is 1. The molecule has 0 spiro atoms. The van der Waals surface area contributed by atoms with E-state index in [-0.39, 0.29) is 11.9 Å². The van der Waals surface area contributed by atoms with Crippen molar-refractivity contribution in [3.05, 3.63) is 70.4 Å². The van der Waals surface area contributed by atoms with E-state index >= 15 is 0 Å². The maximum absolute atomic E-state index is 13.2. The number of hydrogen-bond donors (Lipinski definition) is 3. The van der Waals surface area contributed by atoms with E-state index in [0.29, 0.717) is 10.7 Å². The van der Waals surface area contributed by atoms with Crippen molar-refractivity contribution in [2.45, 2.75) is 26.8 Å². The van der Waals surface area contributed by atoms with E-state index in [0.717, 1.165) is 33.8 Å². The van der Waals surface area contributed by atoms with Crippen molar-refractivity contribution in [3.63, 3.8) is 0 Å². The zero-order valence-electron chi connectivity index (χ0n) is 15.8. The SMILES string of the molecule is COc1cccc([C@H]2NC(=S)NC(C)=C2C(=O)Nc2cc(C)ccc2C)c1. The lowest BCUT2D eigenvalue weighted by molar-refractivity contribution is -0.113. The Hall–Kier alpha value is -2.86. The summed E-state index contributed by atoms with van der Waals surface area (Å²) in [6, 6.07) is 13.3. The van der Waals surface area contributed by atoms with Crippen LogP contribution in [0.3, 0.4) is 0 Å². The zero-order chi connectivity index (χ0) is 19.6. The number of methoxy groups -OCH3 is 1. The van der Waals surface area contributed by atoms with E-state index in [1.54, 1.807) is 7.11 Å². The van der Waals surface area contributed by atoms with Crippen LogP contribution in [-0.4, -0.2) is 18.1 Å². The van der Waals surface area contributed by atoms with Crippen molar-refractivity contribution in [1.29, 1.82) is 0 Å². The fraction of sp³-hybridized carbons (Fsp3) is 0.238. The Kier molecular flexibility index (Phi) is 5.46. The Balaban J connectivity index is 1.98. The Morgan fingerprint density at radius 1 is 1.15 bits per heavy atom. The molecule has 0 unspecified atom stereocenters. The minimum atomic E-state index is -0.362. The fourth-order valence-corrected chi connectivity index (χ4v) is 3.40. The van der Waals surface area contributed by atoms with E-state index in [9.17, 15) is 4.79 Å². The van der Waals surface area contributed by atoms with E-state index in [1.165, 1.54) is 0 Å². The van der Waals surface area contributed by atoms with Gasteiger partial charge < -0.3 is 20.7 Å². The third kappa shape index (κ3) is 4.11. The molecule has 1 aliphatic heterocycles. The van der Waals surface area contributed by atoms with Crippen LogP contribution in [0.25, 0.3) is 0 Å². The van der Waals surface area contributed by atoms with Gasteiger partial charge in [0.2, 0.25) is 0 Å². The third-order valence-electron chi connectivity index (χ3n) is 4.58. The van der Waals surface area contributed by atoms with Crippen LogP contribution in [0.15, 0.2) is 53.7 Å². The molecule has 6 heteroatoms. The second kappa shape index (κ2) is 7.80. The smallest absolute Gasteiger partial charge is 0.255 e. The molecule has 0 fully saturated rings. The van der Waals surface area contributed by atoms with E-state index in [4.69, 9.17) is 17.0 Å². The number of benzene rings is 2. The van der Waals surface area contributed by atoms with Gasteiger partial charge in [0.25, 0.3) is 5.91 Å². The summed E-state index contributed by atoms with van der Waals surface area (Å²) in [5, 5.41) is 9.79. The molecule has 1 aliphatic rings. The van der Waals surface area contributed by atoms with Crippen LogP contribution in [0.1, 0.15) is 29.7 Å². The Morgan fingerprint density at radius 2 is 1.93 bits per heavy atom. The molecule has 27 heavy (non-hydrogen) atoms.